The second kappa shape index (κ2) is 9.37. The normalized spacial score (nSPS) is 22.6. The van der Waals surface area contributed by atoms with E-state index in [9.17, 15) is 9.59 Å². The summed E-state index contributed by atoms with van der Waals surface area (Å²) in [5, 5.41) is 0. The molecule has 0 bridgehead atoms. The maximum absolute atomic E-state index is 13.3. The van der Waals surface area contributed by atoms with Gasteiger partial charge in [0.2, 0.25) is 0 Å². The first kappa shape index (κ1) is 23.2. The molecule has 1 heterocycles. The smallest absolute Gasteiger partial charge is 0.315 e. The Hall–Kier alpha value is -2.43. The number of carbonyl (C=O) groups is 2. The molecule has 1 aliphatic carbocycles. The van der Waals surface area contributed by atoms with Gasteiger partial charge in [0.05, 0.1) is 6.61 Å². The van der Waals surface area contributed by atoms with Gasteiger partial charge in [-0.2, -0.15) is 0 Å². The topological polar surface area (TPSA) is 59.0 Å². The van der Waals surface area contributed by atoms with Crippen LogP contribution in [-0.2, 0) is 14.3 Å². The Morgan fingerprint density at radius 2 is 1.84 bits per heavy atom. The molecule has 0 fully saturated rings. The summed E-state index contributed by atoms with van der Waals surface area (Å²) in [5.74, 6) is -1.07. The van der Waals surface area contributed by atoms with Gasteiger partial charge in [-0.1, -0.05) is 45.7 Å². The minimum atomic E-state index is -0.559. The molecule has 0 saturated carbocycles. The van der Waals surface area contributed by atoms with E-state index in [0.29, 0.717) is 18.6 Å². The highest BCUT2D eigenvalue weighted by Gasteiger charge is 2.46. The lowest BCUT2D eigenvalue weighted by atomic mass is 9.67. The van der Waals surface area contributed by atoms with Crippen molar-refractivity contribution in [2.24, 2.45) is 16.3 Å². The number of allylic oxidation sites excluding steroid dienone is 2. The Bertz CT molecular complexity index is 894. The van der Waals surface area contributed by atoms with Crippen molar-refractivity contribution in [1.82, 2.24) is 0 Å². The monoisotopic (exact) mass is 424 g/mol. The number of hydrogen-bond donors (Lipinski definition) is 0. The van der Waals surface area contributed by atoms with Crippen LogP contribution >= 0.6 is 0 Å². The number of unbranched alkanes of at least 4 members (excludes halogenated alkanes) is 2. The van der Waals surface area contributed by atoms with Crippen LogP contribution in [-0.4, -0.2) is 38.2 Å². The highest BCUT2D eigenvalue weighted by molar-refractivity contribution is 6.09. The lowest BCUT2D eigenvalue weighted by Gasteiger charge is -2.39. The summed E-state index contributed by atoms with van der Waals surface area (Å²) in [6.07, 6.45) is 4.18. The van der Waals surface area contributed by atoms with Crippen LogP contribution in [0.25, 0.3) is 0 Å². The fourth-order valence-electron chi connectivity index (χ4n) is 4.70. The molecule has 0 saturated heterocycles. The third-order valence-corrected chi connectivity index (χ3v) is 6.32. The second-order valence-electron chi connectivity index (χ2n) is 9.87. The maximum Gasteiger partial charge on any atom is 0.315 e. The molecule has 0 spiro atoms. The molecule has 1 unspecified atom stereocenters. The molecule has 1 aromatic carbocycles. The Morgan fingerprint density at radius 1 is 1.16 bits per heavy atom. The van der Waals surface area contributed by atoms with E-state index in [1.165, 1.54) is 0 Å². The maximum atomic E-state index is 13.3. The van der Waals surface area contributed by atoms with Crippen molar-refractivity contribution in [1.29, 1.82) is 0 Å². The van der Waals surface area contributed by atoms with Gasteiger partial charge in [0, 0.05) is 49.1 Å². The molecule has 0 radical (unpaired) electrons. The molecule has 5 nitrogen and oxygen atoms in total. The summed E-state index contributed by atoms with van der Waals surface area (Å²) in [7, 11) is 3.99. The first-order chi connectivity index (χ1) is 14.6. The molecule has 5 heteroatoms. The van der Waals surface area contributed by atoms with Gasteiger partial charge in [0.1, 0.15) is 5.92 Å². The highest BCUT2D eigenvalue weighted by Crippen LogP contribution is 2.48. The van der Waals surface area contributed by atoms with Crippen LogP contribution in [0.2, 0.25) is 0 Å². The number of ether oxygens (including phenoxy) is 1. The molecule has 2 atom stereocenters. The third kappa shape index (κ3) is 5.08. The van der Waals surface area contributed by atoms with Crippen LogP contribution in [0.5, 0.6) is 0 Å². The van der Waals surface area contributed by atoms with Crippen LogP contribution < -0.4 is 4.90 Å². The molecule has 2 aliphatic rings. The molecular formula is C26H36N2O3. The Morgan fingerprint density at radius 3 is 2.45 bits per heavy atom. The number of benzene rings is 1. The molecule has 168 valence electrons. The number of esters is 1. The van der Waals surface area contributed by atoms with Crippen molar-refractivity contribution in [2.75, 3.05) is 25.6 Å². The SMILES string of the molecule is CCCCCOC(=O)C1C(C)=NC2=C(C(=O)CC(C)(C)C2)[C@@H]1c1ccc(N(C)C)cc1. The number of Topliss-reactive ketones (excluding diaryl/α,β-unsaturated/α-hetero) is 1. The Labute approximate surface area is 186 Å². The minimum absolute atomic E-state index is 0.105. The molecule has 0 N–H and O–H groups in total. The van der Waals surface area contributed by atoms with E-state index in [1.807, 2.05) is 50.2 Å². The summed E-state index contributed by atoms with van der Waals surface area (Å²) in [5.41, 5.74) is 4.22. The molecule has 3 rings (SSSR count). The zero-order chi connectivity index (χ0) is 22.8. The van der Waals surface area contributed by atoms with E-state index in [2.05, 4.69) is 20.8 Å². The van der Waals surface area contributed by atoms with Gasteiger partial charge in [0.15, 0.2) is 5.78 Å². The van der Waals surface area contributed by atoms with Gasteiger partial charge >= 0.3 is 5.97 Å². The molecule has 31 heavy (non-hydrogen) atoms. The van der Waals surface area contributed by atoms with Crippen LogP contribution in [0.15, 0.2) is 40.5 Å². The van der Waals surface area contributed by atoms with E-state index in [-0.39, 0.29) is 23.1 Å². The number of nitrogens with zero attached hydrogens (tertiary/aromatic N) is 2. The van der Waals surface area contributed by atoms with Gasteiger partial charge in [-0.25, -0.2) is 0 Å². The van der Waals surface area contributed by atoms with Crippen molar-refractivity contribution in [3.63, 3.8) is 0 Å². The largest absolute Gasteiger partial charge is 0.465 e. The van der Waals surface area contributed by atoms with E-state index in [1.54, 1.807) is 0 Å². The molecule has 0 aromatic heterocycles. The predicted octanol–water partition coefficient (Wildman–Crippen LogP) is 5.30. The molecular weight excluding hydrogens is 388 g/mol. The zero-order valence-corrected chi connectivity index (χ0v) is 19.8. The first-order valence-electron chi connectivity index (χ1n) is 11.4. The average molecular weight is 425 g/mol. The quantitative estimate of drug-likeness (QED) is 0.440. The second-order valence-corrected chi connectivity index (χ2v) is 9.87. The zero-order valence-electron chi connectivity index (χ0n) is 19.8. The summed E-state index contributed by atoms with van der Waals surface area (Å²) in [4.78, 5) is 33.3. The Balaban J connectivity index is 2.02. The number of aliphatic imine (C=N–C) groups is 1. The Kier molecular flexibility index (Phi) is 7.03. The van der Waals surface area contributed by atoms with E-state index < -0.39 is 5.92 Å². The number of rotatable bonds is 7. The van der Waals surface area contributed by atoms with E-state index in [0.717, 1.165) is 48.3 Å². The van der Waals surface area contributed by atoms with Crippen molar-refractivity contribution in [3.8, 4) is 0 Å². The lowest BCUT2D eigenvalue weighted by molar-refractivity contribution is -0.146. The third-order valence-electron chi connectivity index (χ3n) is 6.32. The molecule has 1 aliphatic heterocycles. The van der Waals surface area contributed by atoms with Crippen molar-refractivity contribution in [3.05, 3.63) is 41.1 Å². The number of ketones is 1. The fourth-order valence-corrected chi connectivity index (χ4v) is 4.70. The average Bonchev–Trinajstić information content (AvgIpc) is 2.69. The molecule has 1 aromatic rings. The van der Waals surface area contributed by atoms with Crippen molar-refractivity contribution < 1.29 is 14.3 Å². The molecule has 0 amide bonds. The van der Waals surface area contributed by atoms with Crippen molar-refractivity contribution in [2.45, 2.75) is 65.7 Å². The summed E-state index contributed by atoms with van der Waals surface area (Å²) in [6, 6.07) is 8.15. The standard InChI is InChI=1S/C26H36N2O3/c1-7-8-9-14-31-25(30)22-17(2)27-20-15-26(3,4)16-21(29)24(20)23(22)18-10-12-19(13-11-18)28(5)6/h10-13,22-23H,7-9,14-16H2,1-6H3/t22?,23-/m1/s1. The number of anilines is 1. The first-order valence-corrected chi connectivity index (χ1v) is 11.4. The summed E-state index contributed by atoms with van der Waals surface area (Å²) in [6.45, 7) is 8.64. The van der Waals surface area contributed by atoms with Crippen LogP contribution in [0, 0.1) is 11.3 Å². The summed E-state index contributed by atoms with van der Waals surface area (Å²) >= 11 is 0. The van der Waals surface area contributed by atoms with Crippen LogP contribution in [0.1, 0.15) is 71.3 Å². The number of carbonyl (C=O) groups excluding carboxylic acids is 2. The minimum Gasteiger partial charge on any atom is -0.465 e. The van der Waals surface area contributed by atoms with Crippen LogP contribution in [0.4, 0.5) is 5.69 Å². The van der Waals surface area contributed by atoms with Gasteiger partial charge < -0.3 is 9.64 Å². The fraction of sp³-hybridized carbons (Fsp3) is 0.577. The van der Waals surface area contributed by atoms with E-state index >= 15 is 0 Å². The van der Waals surface area contributed by atoms with Gasteiger partial charge in [-0.15, -0.1) is 0 Å². The van der Waals surface area contributed by atoms with Gasteiger partial charge in [0.25, 0.3) is 0 Å². The van der Waals surface area contributed by atoms with Gasteiger partial charge in [-0.05, 0) is 42.9 Å². The highest BCUT2D eigenvalue weighted by atomic mass is 16.5. The summed E-state index contributed by atoms with van der Waals surface area (Å²) < 4.78 is 5.66. The van der Waals surface area contributed by atoms with Crippen molar-refractivity contribution >= 4 is 23.2 Å². The number of hydrogen-bond acceptors (Lipinski definition) is 5. The van der Waals surface area contributed by atoms with E-state index in [4.69, 9.17) is 9.73 Å². The lowest BCUT2D eigenvalue weighted by Crippen LogP contribution is -2.39. The predicted molar refractivity (Wildman–Crippen MR) is 126 cm³/mol. The van der Waals surface area contributed by atoms with Crippen LogP contribution in [0.3, 0.4) is 0 Å². The van der Waals surface area contributed by atoms with Gasteiger partial charge in [-0.3, -0.25) is 14.6 Å².